The highest BCUT2D eigenvalue weighted by Gasteiger charge is 2.11. The molecule has 1 fully saturated rings. The fourth-order valence-electron chi connectivity index (χ4n) is 1.70. The van der Waals surface area contributed by atoms with Gasteiger partial charge in [0.05, 0.1) is 7.11 Å². The van der Waals surface area contributed by atoms with E-state index in [1.54, 1.807) is 7.11 Å². The third-order valence-corrected chi connectivity index (χ3v) is 3.83. The molecule has 3 heteroatoms. The Morgan fingerprint density at radius 2 is 1.87 bits per heavy atom. The van der Waals surface area contributed by atoms with E-state index in [0.717, 1.165) is 11.5 Å². The molecule has 1 aliphatic rings. The first-order chi connectivity index (χ1) is 7.38. The Labute approximate surface area is 95.7 Å². The predicted molar refractivity (Wildman–Crippen MR) is 65.1 cm³/mol. The van der Waals surface area contributed by atoms with Gasteiger partial charge in [0.15, 0.2) is 0 Å². The quantitative estimate of drug-likeness (QED) is 0.728. The van der Waals surface area contributed by atoms with Crippen LogP contribution >= 0.6 is 11.9 Å². The molecule has 2 nitrogen and oxygen atoms in total. The lowest BCUT2D eigenvalue weighted by Gasteiger charge is -2.13. The van der Waals surface area contributed by atoms with Gasteiger partial charge in [0.25, 0.3) is 0 Å². The maximum absolute atomic E-state index is 5.13. The van der Waals surface area contributed by atoms with E-state index in [9.17, 15) is 0 Å². The minimum atomic E-state index is 0.935. The van der Waals surface area contributed by atoms with Crippen molar-refractivity contribution in [2.75, 3.05) is 20.2 Å². The van der Waals surface area contributed by atoms with Crippen LogP contribution in [0.3, 0.4) is 0 Å². The van der Waals surface area contributed by atoms with Crippen LogP contribution in [-0.4, -0.2) is 24.5 Å². The number of ether oxygens (including phenoxy) is 1. The molecule has 1 aliphatic heterocycles. The summed E-state index contributed by atoms with van der Waals surface area (Å²) >= 11 is 1.94. The van der Waals surface area contributed by atoms with E-state index in [1.807, 2.05) is 24.1 Å². The zero-order valence-electron chi connectivity index (χ0n) is 9.11. The molecule has 0 atom stereocenters. The number of hydrogen-bond acceptors (Lipinski definition) is 3. The largest absolute Gasteiger partial charge is 0.497 e. The highest BCUT2D eigenvalue weighted by Crippen LogP contribution is 2.23. The van der Waals surface area contributed by atoms with Gasteiger partial charge in [-0.1, -0.05) is 24.1 Å². The number of benzene rings is 1. The highest BCUT2D eigenvalue weighted by molar-refractivity contribution is 7.96. The van der Waals surface area contributed by atoms with E-state index in [0.29, 0.717) is 0 Å². The van der Waals surface area contributed by atoms with Crippen LogP contribution < -0.4 is 4.74 Å². The highest BCUT2D eigenvalue weighted by atomic mass is 32.2. The normalized spacial score (nSPS) is 16.9. The van der Waals surface area contributed by atoms with E-state index >= 15 is 0 Å². The van der Waals surface area contributed by atoms with Crippen LogP contribution in [0, 0.1) is 0 Å². The van der Waals surface area contributed by atoms with Crippen molar-refractivity contribution in [1.82, 2.24) is 4.31 Å². The van der Waals surface area contributed by atoms with Gasteiger partial charge >= 0.3 is 0 Å². The first-order valence-electron chi connectivity index (χ1n) is 5.39. The molecule has 82 valence electrons. The number of hydrogen-bond donors (Lipinski definition) is 0. The average Bonchev–Trinajstić information content (AvgIpc) is 2.80. The summed E-state index contributed by atoms with van der Waals surface area (Å²) in [5, 5.41) is 0. The van der Waals surface area contributed by atoms with E-state index in [2.05, 4.69) is 16.4 Å². The maximum atomic E-state index is 5.13. The maximum Gasteiger partial charge on any atom is 0.118 e. The lowest BCUT2D eigenvalue weighted by Crippen LogP contribution is -2.09. The van der Waals surface area contributed by atoms with E-state index in [1.165, 1.54) is 31.5 Å². The van der Waals surface area contributed by atoms with Gasteiger partial charge in [-0.25, -0.2) is 0 Å². The summed E-state index contributed by atoms with van der Waals surface area (Å²) in [6.45, 7) is 2.50. The Hall–Kier alpha value is -0.670. The van der Waals surface area contributed by atoms with Gasteiger partial charge in [0.1, 0.15) is 5.75 Å². The summed E-state index contributed by atoms with van der Waals surface area (Å²) in [5.74, 6) is 2.01. The van der Waals surface area contributed by atoms with Crippen LogP contribution in [0.5, 0.6) is 5.75 Å². The molecule has 0 radical (unpaired) electrons. The molecule has 0 aliphatic carbocycles. The van der Waals surface area contributed by atoms with E-state index in [-0.39, 0.29) is 0 Å². The van der Waals surface area contributed by atoms with E-state index in [4.69, 9.17) is 4.74 Å². The molecule has 1 saturated heterocycles. The van der Waals surface area contributed by atoms with Crippen LogP contribution in [0.4, 0.5) is 0 Å². The summed E-state index contributed by atoms with van der Waals surface area (Å²) in [5.41, 5.74) is 1.37. The summed E-state index contributed by atoms with van der Waals surface area (Å²) in [4.78, 5) is 0. The van der Waals surface area contributed by atoms with Crippen molar-refractivity contribution in [3.05, 3.63) is 29.8 Å². The zero-order valence-corrected chi connectivity index (χ0v) is 9.93. The number of methoxy groups -OCH3 is 1. The Balaban J connectivity index is 1.82. The monoisotopic (exact) mass is 223 g/mol. The van der Waals surface area contributed by atoms with Crippen molar-refractivity contribution in [3.8, 4) is 5.75 Å². The molecule has 0 saturated carbocycles. The minimum absolute atomic E-state index is 0.935. The minimum Gasteiger partial charge on any atom is -0.497 e. The van der Waals surface area contributed by atoms with Crippen molar-refractivity contribution < 1.29 is 4.74 Å². The second kappa shape index (κ2) is 5.42. The van der Waals surface area contributed by atoms with Crippen molar-refractivity contribution >= 4 is 11.9 Å². The van der Waals surface area contributed by atoms with Gasteiger partial charge in [-0.3, -0.25) is 4.31 Å². The SMILES string of the molecule is COc1ccc(CSN2CCCC2)cc1. The summed E-state index contributed by atoms with van der Waals surface area (Å²) in [7, 11) is 1.70. The summed E-state index contributed by atoms with van der Waals surface area (Å²) in [6, 6.07) is 8.34. The third kappa shape index (κ3) is 3.14. The molecule has 0 aromatic heterocycles. The van der Waals surface area contributed by atoms with Crippen LogP contribution in [0.15, 0.2) is 24.3 Å². The third-order valence-electron chi connectivity index (χ3n) is 2.64. The Kier molecular flexibility index (Phi) is 3.92. The fourth-order valence-corrected chi connectivity index (χ4v) is 2.75. The molecule has 15 heavy (non-hydrogen) atoms. The van der Waals surface area contributed by atoms with Gasteiger partial charge in [-0.15, -0.1) is 0 Å². The van der Waals surface area contributed by atoms with E-state index < -0.39 is 0 Å². The van der Waals surface area contributed by atoms with Crippen LogP contribution in [-0.2, 0) is 5.75 Å². The van der Waals surface area contributed by atoms with Gasteiger partial charge in [0, 0.05) is 18.8 Å². The molecule has 1 aromatic rings. The summed E-state index contributed by atoms with van der Waals surface area (Å²) in [6.07, 6.45) is 2.71. The van der Waals surface area contributed by atoms with Crippen molar-refractivity contribution in [2.45, 2.75) is 18.6 Å². The van der Waals surface area contributed by atoms with Crippen LogP contribution in [0.25, 0.3) is 0 Å². The van der Waals surface area contributed by atoms with Crippen molar-refractivity contribution in [3.63, 3.8) is 0 Å². The Morgan fingerprint density at radius 3 is 2.47 bits per heavy atom. The Morgan fingerprint density at radius 1 is 1.20 bits per heavy atom. The molecular formula is C12H17NOS. The van der Waals surface area contributed by atoms with Gasteiger partial charge in [-0.2, -0.15) is 0 Å². The van der Waals surface area contributed by atoms with Crippen molar-refractivity contribution in [2.24, 2.45) is 0 Å². The standard InChI is InChI=1S/C12H17NOS/c1-14-12-6-4-11(5-7-12)10-15-13-8-2-3-9-13/h4-7H,2-3,8-10H2,1H3. The molecule has 1 heterocycles. The molecule has 2 rings (SSSR count). The topological polar surface area (TPSA) is 12.5 Å². The average molecular weight is 223 g/mol. The zero-order chi connectivity index (χ0) is 10.5. The predicted octanol–water partition coefficient (Wildman–Crippen LogP) is 2.94. The lowest BCUT2D eigenvalue weighted by atomic mass is 10.2. The smallest absolute Gasteiger partial charge is 0.118 e. The first-order valence-corrected chi connectivity index (χ1v) is 6.33. The van der Waals surface area contributed by atoms with Gasteiger partial charge in [-0.05, 0) is 30.5 Å². The lowest BCUT2D eigenvalue weighted by molar-refractivity contribution is 0.414. The number of rotatable bonds is 4. The molecule has 0 spiro atoms. The Bertz CT molecular complexity index is 293. The second-order valence-corrected chi connectivity index (χ2v) is 4.82. The van der Waals surface area contributed by atoms with Crippen LogP contribution in [0.2, 0.25) is 0 Å². The molecule has 0 amide bonds. The van der Waals surface area contributed by atoms with Crippen LogP contribution in [0.1, 0.15) is 18.4 Å². The number of nitrogens with zero attached hydrogens (tertiary/aromatic N) is 1. The second-order valence-electron chi connectivity index (χ2n) is 3.76. The molecule has 0 bridgehead atoms. The first kappa shape index (κ1) is 10.8. The van der Waals surface area contributed by atoms with Crippen molar-refractivity contribution in [1.29, 1.82) is 0 Å². The summed E-state index contributed by atoms with van der Waals surface area (Å²) < 4.78 is 7.59. The van der Waals surface area contributed by atoms with Gasteiger partial charge in [0.2, 0.25) is 0 Å². The molecule has 1 aromatic carbocycles. The fraction of sp³-hybridized carbons (Fsp3) is 0.500. The molecule has 0 unspecified atom stereocenters. The van der Waals surface area contributed by atoms with Gasteiger partial charge < -0.3 is 4.74 Å². The molecule has 0 N–H and O–H groups in total. The molecular weight excluding hydrogens is 206 g/mol.